The van der Waals surface area contributed by atoms with E-state index in [-0.39, 0.29) is 12.5 Å². The normalized spacial score (nSPS) is 10.2. The second-order valence-corrected chi connectivity index (χ2v) is 4.69. The van der Waals surface area contributed by atoms with E-state index in [2.05, 4.69) is 0 Å². The van der Waals surface area contributed by atoms with Crippen LogP contribution < -0.4 is 11.5 Å². The summed E-state index contributed by atoms with van der Waals surface area (Å²) in [5, 5.41) is 0.395. The van der Waals surface area contributed by atoms with Crippen LogP contribution in [-0.4, -0.2) is 29.8 Å². The van der Waals surface area contributed by atoms with E-state index in [9.17, 15) is 9.59 Å². The third-order valence-corrected chi connectivity index (χ3v) is 3.00. The third kappa shape index (κ3) is 4.44. The number of halogens is 1. The molecule has 0 aliphatic carbocycles. The summed E-state index contributed by atoms with van der Waals surface area (Å²) in [6.07, 6.45) is 1.73. The number of nitrogens with two attached hydrogens (primary N) is 2. The fourth-order valence-electron chi connectivity index (χ4n) is 1.65. The number of rotatable bonds is 6. The van der Waals surface area contributed by atoms with Gasteiger partial charge in [0, 0.05) is 12.1 Å². The van der Waals surface area contributed by atoms with Crippen molar-refractivity contribution in [2.45, 2.75) is 19.8 Å². The van der Waals surface area contributed by atoms with Crippen molar-refractivity contribution in [1.82, 2.24) is 4.90 Å². The molecule has 0 bridgehead atoms. The summed E-state index contributed by atoms with van der Waals surface area (Å²) in [6.45, 7) is 2.40. The summed E-state index contributed by atoms with van der Waals surface area (Å²) in [6, 6.07) is 4.65. The molecule has 1 aromatic rings. The summed E-state index contributed by atoms with van der Waals surface area (Å²) < 4.78 is 0. The van der Waals surface area contributed by atoms with Crippen molar-refractivity contribution in [1.29, 1.82) is 0 Å². The maximum Gasteiger partial charge on any atom is 0.254 e. The predicted molar refractivity (Wildman–Crippen MR) is 75.9 cm³/mol. The van der Waals surface area contributed by atoms with Gasteiger partial charge in [0.25, 0.3) is 5.91 Å². The number of primary amides is 1. The number of carbonyl (C=O) groups excluding carboxylic acids is 2. The Morgan fingerprint density at radius 2 is 2.05 bits per heavy atom. The maximum absolute atomic E-state index is 12.3. The van der Waals surface area contributed by atoms with Crippen LogP contribution in [0.15, 0.2) is 18.2 Å². The van der Waals surface area contributed by atoms with Gasteiger partial charge >= 0.3 is 0 Å². The average Bonchev–Trinajstić information content (AvgIpc) is 2.36. The molecule has 0 saturated heterocycles. The Labute approximate surface area is 117 Å². The standard InChI is InChI=1S/C13H18ClN3O2/c1-2-3-6-17(8-12(16)18)13(19)9-4-5-10(14)11(15)7-9/h4-5,7H,2-3,6,8,15H2,1H3,(H2,16,18). The van der Waals surface area contributed by atoms with Crippen molar-refractivity contribution in [2.24, 2.45) is 5.73 Å². The van der Waals surface area contributed by atoms with Crippen LogP contribution in [0.4, 0.5) is 5.69 Å². The number of hydrogen-bond acceptors (Lipinski definition) is 3. The van der Waals surface area contributed by atoms with E-state index in [0.717, 1.165) is 12.8 Å². The molecule has 1 rings (SSSR count). The molecule has 19 heavy (non-hydrogen) atoms. The first-order chi connectivity index (χ1) is 8.95. The molecule has 104 valence electrons. The minimum atomic E-state index is -0.536. The lowest BCUT2D eigenvalue weighted by molar-refractivity contribution is -0.118. The zero-order valence-corrected chi connectivity index (χ0v) is 11.6. The Morgan fingerprint density at radius 1 is 1.37 bits per heavy atom. The first-order valence-electron chi connectivity index (χ1n) is 6.08. The summed E-state index contributed by atoms with van der Waals surface area (Å²) in [5.74, 6) is -0.804. The molecule has 0 heterocycles. The van der Waals surface area contributed by atoms with Gasteiger partial charge in [-0.25, -0.2) is 0 Å². The topological polar surface area (TPSA) is 89.4 Å². The fourth-order valence-corrected chi connectivity index (χ4v) is 1.77. The van der Waals surface area contributed by atoms with E-state index in [0.29, 0.717) is 22.8 Å². The zero-order chi connectivity index (χ0) is 14.4. The van der Waals surface area contributed by atoms with Gasteiger partial charge in [-0.05, 0) is 24.6 Å². The van der Waals surface area contributed by atoms with Crippen molar-refractivity contribution < 1.29 is 9.59 Å². The van der Waals surface area contributed by atoms with Gasteiger partial charge in [0.2, 0.25) is 5.91 Å². The number of unbranched alkanes of at least 4 members (excludes halogenated alkanes) is 1. The molecule has 0 unspecified atom stereocenters. The van der Waals surface area contributed by atoms with E-state index < -0.39 is 5.91 Å². The maximum atomic E-state index is 12.3. The van der Waals surface area contributed by atoms with Crippen LogP contribution in [0.5, 0.6) is 0 Å². The molecular formula is C13H18ClN3O2. The Kier molecular flexibility index (Phi) is 5.63. The number of nitrogens with zero attached hydrogens (tertiary/aromatic N) is 1. The van der Waals surface area contributed by atoms with Crippen molar-refractivity contribution in [3.63, 3.8) is 0 Å². The molecule has 0 atom stereocenters. The molecule has 4 N–H and O–H groups in total. The van der Waals surface area contributed by atoms with Gasteiger partial charge in [-0.1, -0.05) is 24.9 Å². The number of nitrogen functional groups attached to an aromatic ring is 1. The van der Waals surface area contributed by atoms with Crippen LogP contribution in [0.25, 0.3) is 0 Å². The van der Waals surface area contributed by atoms with Gasteiger partial charge in [-0.2, -0.15) is 0 Å². The van der Waals surface area contributed by atoms with E-state index in [4.69, 9.17) is 23.1 Å². The lowest BCUT2D eigenvalue weighted by atomic mass is 10.1. The van der Waals surface area contributed by atoms with Crippen LogP contribution in [-0.2, 0) is 4.79 Å². The number of carbonyl (C=O) groups is 2. The second kappa shape index (κ2) is 6.99. The highest BCUT2D eigenvalue weighted by atomic mass is 35.5. The van der Waals surface area contributed by atoms with Crippen LogP contribution in [0.3, 0.4) is 0 Å². The van der Waals surface area contributed by atoms with Crippen LogP contribution >= 0.6 is 11.6 Å². The van der Waals surface area contributed by atoms with Crippen molar-refractivity contribution in [2.75, 3.05) is 18.8 Å². The second-order valence-electron chi connectivity index (χ2n) is 4.28. The van der Waals surface area contributed by atoms with Gasteiger partial charge in [-0.15, -0.1) is 0 Å². The molecule has 0 saturated carbocycles. The average molecular weight is 284 g/mol. The lowest BCUT2D eigenvalue weighted by Crippen LogP contribution is -2.39. The Morgan fingerprint density at radius 3 is 2.58 bits per heavy atom. The SMILES string of the molecule is CCCCN(CC(N)=O)C(=O)c1ccc(Cl)c(N)c1. The number of hydrogen-bond donors (Lipinski definition) is 2. The minimum Gasteiger partial charge on any atom is -0.398 e. The quantitative estimate of drug-likeness (QED) is 0.778. The monoisotopic (exact) mass is 283 g/mol. The molecule has 1 aromatic carbocycles. The number of amides is 2. The Bertz CT molecular complexity index is 477. The number of anilines is 1. The number of benzene rings is 1. The van der Waals surface area contributed by atoms with E-state index in [1.54, 1.807) is 12.1 Å². The highest BCUT2D eigenvalue weighted by Crippen LogP contribution is 2.20. The highest BCUT2D eigenvalue weighted by Gasteiger charge is 2.17. The lowest BCUT2D eigenvalue weighted by Gasteiger charge is -2.21. The van der Waals surface area contributed by atoms with Crippen LogP contribution in [0, 0.1) is 0 Å². The molecule has 0 spiro atoms. The predicted octanol–water partition coefficient (Wildman–Crippen LogP) is 1.65. The molecular weight excluding hydrogens is 266 g/mol. The summed E-state index contributed by atoms with van der Waals surface area (Å²) >= 11 is 5.81. The molecule has 2 amide bonds. The third-order valence-electron chi connectivity index (χ3n) is 2.66. The van der Waals surface area contributed by atoms with Gasteiger partial charge in [0.05, 0.1) is 17.3 Å². The van der Waals surface area contributed by atoms with Crippen LogP contribution in [0.2, 0.25) is 5.02 Å². The largest absolute Gasteiger partial charge is 0.398 e. The van der Waals surface area contributed by atoms with Crippen LogP contribution in [0.1, 0.15) is 30.1 Å². The fraction of sp³-hybridized carbons (Fsp3) is 0.385. The molecule has 0 fully saturated rings. The molecule has 0 aliphatic heterocycles. The van der Waals surface area contributed by atoms with Gasteiger partial charge in [0.15, 0.2) is 0 Å². The van der Waals surface area contributed by atoms with Crippen molar-refractivity contribution >= 4 is 29.1 Å². The molecule has 0 aliphatic rings. The summed E-state index contributed by atoms with van der Waals surface area (Å²) in [5.41, 5.74) is 11.6. The molecule has 0 radical (unpaired) electrons. The van der Waals surface area contributed by atoms with E-state index in [1.807, 2.05) is 6.92 Å². The Hall–Kier alpha value is -1.75. The summed E-state index contributed by atoms with van der Waals surface area (Å²) in [4.78, 5) is 24.7. The highest BCUT2D eigenvalue weighted by molar-refractivity contribution is 6.33. The van der Waals surface area contributed by atoms with Crippen molar-refractivity contribution in [3.05, 3.63) is 28.8 Å². The zero-order valence-electron chi connectivity index (χ0n) is 10.9. The first kappa shape index (κ1) is 15.3. The van der Waals surface area contributed by atoms with Gasteiger partial charge in [0.1, 0.15) is 0 Å². The van der Waals surface area contributed by atoms with E-state index >= 15 is 0 Å². The molecule has 5 nitrogen and oxygen atoms in total. The van der Waals surface area contributed by atoms with E-state index in [1.165, 1.54) is 11.0 Å². The Balaban J connectivity index is 2.90. The van der Waals surface area contributed by atoms with Crippen molar-refractivity contribution in [3.8, 4) is 0 Å². The molecule has 6 heteroatoms. The van der Waals surface area contributed by atoms with Gasteiger partial charge < -0.3 is 16.4 Å². The summed E-state index contributed by atoms with van der Waals surface area (Å²) in [7, 11) is 0. The first-order valence-corrected chi connectivity index (χ1v) is 6.46. The smallest absolute Gasteiger partial charge is 0.254 e. The minimum absolute atomic E-state index is 0.0959. The molecule has 0 aromatic heterocycles. The van der Waals surface area contributed by atoms with Gasteiger partial charge in [-0.3, -0.25) is 9.59 Å².